The highest BCUT2D eigenvalue weighted by Crippen LogP contribution is 2.01. The van der Waals surface area contributed by atoms with Crippen molar-refractivity contribution < 1.29 is 29.3 Å². The lowest BCUT2D eigenvalue weighted by Crippen LogP contribution is -2.22. The van der Waals surface area contributed by atoms with E-state index in [2.05, 4.69) is 5.32 Å². The predicted octanol–water partition coefficient (Wildman–Crippen LogP) is 0.604. The molecule has 134 valence electrons. The number of benzene rings is 1. The lowest BCUT2D eigenvalue weighted by atomic mass is 10.2. The van der Waals surface area contributed by atoms with Gasteiger partial charge in [-0.15, -0.1) is 0 Å². The molecular weight excluding hydrogens is 316 g/mol. The molecule has 0 aliphatic rings. The molecule has 0 saturated heterocycles. The Hall–Kier alpha value is -2.45. The molecule has 0 aromatic heterocycles. The van der Waals surface area contributed by atoms with Gasteiger partial charge in [-0.1, -0.05) is 30.3 Å². The fourth-order valence-corrected chi connectivity index (χ4v) is 1.44. The molecule has 0 amide bonds. The lowest BCUT2D eigenvalue weighted by molar-refractivity contribution is -0.144. The van der Waals surface area contributed by atoms with Crippen molar-refractivity contribution in [2.75, 3.05) is 19.6 Å². The Kier molecular flexibility index (Phi) is 12.7. The molecule has 0 saturated carbocycles. The van der Waals surface area contributed by atoms with Crippen molar-refractivity contribution >= 4 is 17.9 Å². The summed E-state index contributed by atoms with van der Waals surface area (Å²) in [4.78, 5) is 31.1. The highest BCUT2D eigenvalue weighted by Gasteiger charge is 2.03. The van der Waals surface area contributed by atoms with E-state index in [1.165, 1.54) is 0 Å². The number of hydrogen-bond acceptors (Lipinski definition) is 6. The second-order valence-corrected chi connectivity index (χ2v) is 4.72. The van der Waals surface area contributed by atoms with Gasteiger partial charge in [-0.2, -0.15) is 0 Å². The number of carboxylic acids is 2. The Morgan fingerprint density at radius 1 is 0.958 bits per heavy atom. The Balaban J connectivity index is 0.000000754. The summed E-state index contributed by atoms with van der Waals surface area (Å²) in [6.45, 7) is 1.30. The summed E-state index contributed by atoms with van der Waals surface area (Å²) in [6, 6.07) is 9.45. The minimum atomic E-state index is -0.853. The van der Waals surface area contributed by atoms with Gasteiger partial charge in [0, 0.05) is 19.6 Å². The summed E-state index contributed by atoms with van der Waals surface area (Å²) in [7, 11) is 0. The molecule has 1 aromatic carbocycles. The van der Waals surface area contributed by atoms with E-state index in [4.69, 9.17) is 20.7 Å². The number of rotatable bonds is 10. The molecule has 1 rings (SSSR count). The third kappa shape index (κ3) is 14.5. The summed E-state index contributed by atoms with van der Waals surface area (Å²) < 4.78 is 5.06. The number of aliphatic carboxylic acids is 2. The summed E-state index contributed by atoms with van der Waals surface area (Å²) in [5.41, 5.74) is 5.80. The molecule has 5 N–H and O–H groups in total. The van der Waals surface area contributed by atoms with Crippen LogP contribution in [0.3, 0.4) is 0 Å². The van der Waals surface area contributed by atoms with Gasteiger partial charge in [0.2, 0.25) is 0 Å². The number of nitrogens with one attached hydrogen (secondary N) is 1. The number of hydrogen-bond donors (Lipinski definition) is 4. The molecule has 8 heteroatoms. The van der Waals surface area contributed by atoms with E-state index in [1.54, 1.807) is 0 Å². The van der Waals surface area contributed by atoms with Crippen molar-refractivity contribution in [1.29, 1.82) is 0 Å². The molecule has 0 bridgehead atoms. The van der Waals surface area contributed by atoms with Crippen molar-refractivity contribution in [2.45, 2.75) is 25.9 Å². The average molecular weight is 340 g/mol. The van der Waals surface area contributed by atoms with E-state index in [1.807, 2.05) is 30.3 Å². The largest absolute Gasteiger partial charge is 0.481 e. The standard InChI is InChI=1S/C13H17NO4.C3H7NO2/c15-12(16)6-8-14-9-7-13(17)18-10-11-4-2-1-3-5-11;4-2-1-3(5)6/h1-5,14H,6-10H2,(H,15,16);1-2,4H2,(H,5,6). The Labute approximate surface area is 140 Å². The van der Waals surface area contributed by atoms with Crippen molar-refractivity contribution in [3.8, 4) is 0 Å². The van der Waals surface area contributed by atoms with Gasteiger partial charge < -0.3 is 26.0 Å². The van der Waals surface area contributed by atoms with Gasteiger partial charge in [0.1, 0.15) is 6.61 Å². The van der Waals surface area contributed by atoms with Crippen LogP contribution in [-0.4, -0.2) is 47.8 Å². The molecule has 0 aliphatic carbocycles. The first kappa shape index (κ1) is 21.6. The fraction of sp³-hybridized carbons (Fsp3) is 0.438. The average Bonchev–Trinajstić information content (AvgIpc) is 2.54. The number of esters is 1. The summed E-state index contributed by atoms with van der Waals surface area (Å²) >= 11 is 0. The van der Waals surface area contributed by atoms with Gasteiger partial charge in [0.15, 0.2) is 0 Å². The summed E-state index contributed by atoms with van der Waals surface area (Å²) in [5.74, 6) is -1.98. The molecule has 0 unspecified atom stereocenters. The Morgan fingerprint density at radius 3 is 2.04 bits per heavy atom. The van der Waals surface area contributed by atoms with Crippen molar-refractivity contribution in [2.24, 2.45) is 5.73 Å². The van der Waals surface area contributed by atoms with Crippen LogP contribution in [0.15, 0.2) is 30.3 Å². The van der Waals surface area contributed by atoms with Gasteiger partial charge in [-0.3, -0.25) is 14.4 Å². The molecule has 1 aromatic rings. The van der Waals surface area contributed by atoms with E-state index in [-0.39, 0.29) is 38.4 Å². The first-order chi connectivity index (χ1) is 11.5. The first-order valence-corrected chi connectivity index (χ1v) is 7.49. The summed E-state index contributed by atoms with van der Waals surface area (Å²) in [5, 5.41) is 19.1. The van der Waals surface area contributed by atoms with Crippen LogP contribution in [0.4, 0.5) is 0 Å². The minimum Gasteiger partial charge on any atom is -0.481 e. The van der Waals surface area contributed by atoms with Crippen LogP contribution in [0, 0.1) is 0 Å². The first-order valence-electron chi connectivity index (χ1n) is 7.49. The quantitative estimate of drug-likeness (QED) is 0.359. The van der Waals surface area contributed by atoms with E-state index < -0.39 is 11.9 Å². The van der Waals surface area contributed by atoms with E-state index in [0.29, 0.717) is 13.1 Å². The van der Waals surface area contributed by atoms with Crippen molar-refractivity contribution in [3.63, 3.8) is 0 Å². The SMILES string of the molecule is NCCC(=O)O.O=C(O)CCNCCC(=O)OCc1ccccc1. The van der Waals surface area contributed by atoms with Crippen LogP contribution in [0.2, 0.25) is 0 Å². The van der Waals surface area contributed by atoms with E-state index in [0.717, 1.165) is 5.56 Å². The molecule has 0 aliphatic heterocycles. The minimum absolute atomic E-state index is 0.0546. The van der Waals surface area contributed by atoms with Gasteiger partial charge in [-0.05, 0) is 5.56 Å². The zero-order chi connectivity index (χ0) is 18.2. The third-order valence-electron chi connectivity index (χ3n) is 2.62. The Morgan fingerprint density at radius 2 is 1.54 bits per heavy atom. The number of carbonyl (C=O) groups is 3. The van der Waals surface area contributed by atoms with Crippen molar-refractivity contribution in [1.82, 2.24) is 5.32 Å². The zero-order valence-corrected chi connectivity index (χ0v) is 13.4. The second kappa shape index (κ2) is 14.2. The number of ether oxygens (including phenoxy) is 1. The normalized spacial score (nSPS) is 9.54. The number of carboxylic acid groups (broad SMARTS) is 2. The van der Waals surface area contributed by atoms with E-state index >= 15 is 0 Å². The maximum Gasteiger partial charge on any atom is 0.307 e. The Bertz CT molecular complexity index is 493. The number of nitrogens with two attached hydrogens (primary N) is 1. The molecule has 0 atom stereocenters. The van der Waals surface area contributed by atoms with E-state index in [9.17, 15) is 14.4 Å². The highest BCUT2D eigenvalue weighted by molar-refractivity contribution is 5.69. The van der Waals surface area contributed by atoms with Crippen LogP contribution in [0.5, 0.6) is 0 Å². The maximum atomic E-state index is 11.3. The molecule has 24 heavy (non-hydrogen) atoms. The van der Waals surface area contributed by atoms with Crippen LogP contribution in [-0.2, 0) is 25.7 Å². The monoisotopic (exact) mass is 340 g/mol. The van der Waals surface area contributed by atoms with Gasteiger partial charge >= 0.3 is 17.9 Å². The van der Waals surface area contributed by atoms with Gasteiger partial charge in [0.25, 0.3) is 0 Å². The molecule has 0 heterocycles. The van der Waals surface area contributed by atoms with Crippen LogP contribution >= 0.6 is 0 Å². The molecule has 0 spiro atoms. The molecule has 0 fully saturated rings. The van der Waals surface area contributed by atoms with Crippen LogP contribution < -0.4 is 11.1 Å². The molecule has 0 radical (unpaired) electrons. The smallest absolute Gasteiger partial charge is 0.307 e. The number of carbonyl (C=O) groups excluding carboxylic acids is 1. The topological polar surface area (TPSA) is 139 Å². The second-order valence-electron chi connectivity index (χ2n) is 4.72. The summed E-state index contributed by atoms with van der Waals surface area (Å²) in [6.07, 6.45) is 0.367. The molecular formula is C16H24N2O6. The van der Waals surface area contributed by atoms with Gasteiger partial charge in [0.05, 0.1) is 19.3 Å². The van der Waals surface area contributed by atoms with Crippen molar-refractivity contribution in [3.05, 3.63) is 35.9 Å². The maximum absolute atomic E-state index is 11.3. The van der Waals surface area contributed by atoms with Crippen LogP contribution in [0.25, 0.3) is 0 Å². The van der Waals surface area contributed by atoms with Crippen LogP contribution in [0.1, 0.15) is 24.8 Å². The van der Waals surface area contributed by atoms with Gasteiger partial charge in [-0.25, -0.2) is 0 Å². The zero-order valence-electron chi connectivity index (χ0n) is 13.4. The highest BCUT2D eigenvalue weighted by atomic mass is 16.5. The molecule has 8 nitrogen and oxygen atoms in total. The third-order valence-corrected chi connectivity index (χ3v) is 2.62. The lowest BCUT2D eigenvalue weighted by Gasteiger charge is -2.05. The fourth-order valence-electron chi connectivity index (χ4n) is 1.44. The predicted molar refractivity (Wildman–Crippen MR) is 87.3 cm³/mol.